The number of rotatable bonds is 2. The van der Waals surface area contributed by atoms with Gasteiger partial charge in [-0.15, -0.1) is 0 Å². The fourth-order valence-corrected chi connectivity index (χ4v) is 4.36. The van der Waals surface area contributed by atoms with E-state index in [1.165, 1.54) is 5.56 Å². The molecule has 138 valence electrons. The highest BCUT2D eigenvalue weighted by Crippen LogP contribution is 2.34. The van der Waals surface area contributed by atoms with Crippen LogP contribution < -0.4 is 0 Å². The third-order valence-electron chi connectivity index (χ3n) is 5.38. The van der Waals surface area contributed by atoms with Crippen molar-refractivity contribution in [2.45, 2.75) is 0 Å². The van der Waals surface area contributed by atoms with Crippen LogP contribution in [0.4, 0.5) is 0 Å². The maximum Gasteiger partial charge on any atom is 0.220 e. The second-order valence-corrected chi connectivity index (χ2v) is 7.50. The number of hydrogen-bond acceptors (Lipinski definition) is 1. The lowest BCUT2D eigenvalue weighted by Crippen LogP contribution is -1.96. The maximum atomic E-state index is 6.69. The lowest BCUT2D eigenvalue weighted by Gasteiger charge is -2.09. The molecule has 0 saturated heterocycles. The van der Waals surface area contributed by atoms with Crippen LogP contribution in [0.2, 0.25) is 5.02 Å². The molecule has 0 aliphatic heterocycles. The van der Waals surface area contributed by atoms with Crippen molar-refractivity contribution in [1.82, 2.24) is 14.0 Å². The molecule has 3 nitrogen and oxygen atoms in total. The number of nitrogens with zero attached hydrogens (tertiary/aromatic N) is 3. The van der Waals surface area contributed by atoms with E-state index in [4.69, 9.17) is 16.6 Å². The van der Waals surface area contributed by atoms with Gasteiger partial charge in [-0.25, -0.2) is 4.98 Å². The van der Waals surface area contributed by atoms with Gasteiger partial charge < -0.3 is 0 Å². The van der Waals surface area contributed by atoms with Gasteiger partial charge in [0, 0.05) is 5.69 Å². The van der Waals surface area contributed by atoms with E-state index in [2.05, 4.69) is 69.6 Å². The molecule has 0 radical (unpaired) electrons. The van der Waals surface area contributed by atoms with Crippen molar-refractivity contribution >= 4 is 39.4 Å². The van der Waals surface area contributed by atoms with Gasteiger partial charge in [0.25, 0.3) is 0 Å². The highest BCUT2D eigenvalue weighted by atomic mass is 35.5. The van der Waals surface area contributed by atoms with Gasteiger partial charge in [0.2, 0.25) is 5.78 Å². The predicted octanol–water partition coefficient (Wildman–Crippen LogP) is 6.75. The summed E-state index contributed by atoms with van der Waals surface area (Å²) in [5.74, 6) is 0.861. The minimum Gasteiger partial charge on any atom is -0.277 e. The Morgan fingerprint density at radius 2 is 1.38 bits per heavy atom. The molecule has 0 aliphatic rings. The Hall–Kier alpha value is -3.56. The summed E-state index contributed by atoms with van der Waals surface area (Å²) in [6, 6.07) is 33.1. The van der Waals surface area contributed by atoms with E-state index in [0.717, 1.165) is 39.1 Å². The number of halogens is 1. The van der Waals surface area contributed by atoms with Crippen molar-refractivity contribution in [3.63, 3.8) is 0 Å². The van der Waals surface area contributed by atoms with Gasteiger partial charge in [-0.3, -0.25) is 8.97 Å². The summed E-state index contributed by atoms with van der Waals surface area (Å²) >= 11 is 6.69. The first-order valence-electron chi connectivity index (χ1n) is 9.53. The Kier molecular flexibility index (Phi) is 3.52. The topological polar surface area (TPSA) is 22.2 Å². The zero-order valence-corrected chi connectivity index (χ0v) is 16.2. The third kappa shape index (κ3) is 2.41. The monoisotopic (exact) mass is 393 g/mol. The number of aromatic nitrogens is 3. The first-order chi connectivity index (χ1) is 14.3. The molecule has 0 unspecified atom stereocenters. The molecule has 0 fully saturated rings. The first-order valence-corrected chi connectivity index (χ1v) is 9.91. The summed E-state index contributed by atoms with van der Waals surface area (Å²) in [7, 11) is 0. The molecular weight excluding hydrogens is 378 g/mol. The number of imidazole rings is 2. The fraction of sp³-hybridized carbons (Fsp3) is 0. The third-order valence-corrected chi connectivity index (χ3v) is 5.69. The molecular formula is C25H16ClN3. The molecule has 2 heterocycles. The molecule has 0 aliphatic carbocycles. The number of hydrogen-bond donors (Lipinski definition) is 0. The lowest BCUT2D eigenvalue weighted by molar-refractivity contribution is 1.11. The van der Waals surface area contributed by atoms with Gasteiger partial charge in [0.15, 0.2) is 0 Å². The summed E-state index contributed by atoms with van der Waals surface area (Å²) in [6.45, 7) is 0. The second-order valence-electron chi connectivity index (χ2n) is 7.10. The second kappa shape index (κ2) is 6.23. The Balaban J connectivity index is 1.73. The smallest absolute Gasteiger partial charge is 0.220 e. The summed E-state index contributed by atoms with van der Waals surface area (Å²) < 4.78 is 4.34. The zero-order valence-electron chi connectivity index (χ0n) is 15.5. The van der Waals surface area contributed by atoms with E-state index in [1.807, 2.05) is 36.4 Å². The van der Waals surface area contributed by atoms with E-state index in [-0.39, 0.29) is 0 Å². The first kappa shape index (κ1) is 16.4. The molecule has 0 atom stereocenters. The van der Waals surface area contributed by atoms with Crippen LogP contribution in [-0.4, -0.2) is 14.0 Å². The molecule has 0 spiro atoms. The van der Waals surface area contributed by atoms with E-state index < -0.39 is 0 Å². The van der Waals surface area contributed by atoms with Crippen molar-refractivity contribution in [2.24, 2.45) is 0 Å². The van der Waals surface area contributed by atoms with Crippen LogP contribution in [0.15, 0.2) is 97.1 Å². The van der Waals surface area contributed by atoms with Gasteiger partial charge >= 0.3 is 0 Å². The van der Waals surface area contributed by atoms with E-state index in [9.17, 15) is 0 Å². The highest BCUT2D eigenvalue weighted by molar-refractivity contribution is 6.35. The molecule has 6 rings (SSSR count). The molecule has 6 aromatic rings. The normalized spacial score (nSPS) is 11.6. The Morgan fingerprint density at radius 1 is 0.655 bits per heavy atom. The van der Waals surface area contributed by atoms with Crippen molar-refractivity contribution in [1.29, 1.82) is 0 Å². The van der Waals surface area contributed by atoms with Crippen LogP contribution in [0.5, 0.6) is 0 Å². The summed E-state index contributed by atoms with van der Waals surface area (Å²) in [5.41, 5.74) is 7.44. The van der Waals surface area contributed by atoms with Crippen molar-refractivity contribution in [2.75, 3.05) is 0 Å². The van der Waals surface area contributed by atoms with Crippen LogP contribution in [0.1, 0.15) is 0 Å². The van der Waals surface area contributed by atoms with E-state index in [1.54, 1.807) is 0 Å². The molecule has 29 heavy (non-hydrogen) atoms. The average molecular weight is 394 g/mol. The number of para-hydroxylation sites is 3. The summed E-state index contributed by atoms with van der Waals surface area (Å²) in [4.78, 5) is 4.94. The van der Waals surface area contributed by atoms with Crippen LogP contribution >= 0.6 is 11.6 Å². The van der Waals surface area contributed by atoms with E-state index in [0.29, 0.717) is 5.02 Å². The van der Waals surface area contributed by atoms with Crippen LogP contribution in [0.3, 0.4) is 0 Å². The molecule has 4 aromatic carbocycles. The summed E-state index contributed by atoms with van der Waals surface area (Å²) in [5, 5.41) is 0.710. The Bertz CT molecular complexity index is 1510. The van der Waals surface area contributed by atoms with Crippen LogP contribution in [0, 0.1) is 0 Å². The molecule has 0 amide bonds. The lowest BCUT2D eigenvalue weighted by atomic mass is 10.1. The maximum absolute atomic E-state index is 6.69. The SMILES string of the molecule is Clc1cccc2c1n(-c1cccc(-c3ccccc3)c1)c1nc3ccccc3n21. The van der Waals surface area contributed by atoms with Gasteiger partial charge in [-0.05, 0) is 47.5 Å². The zero-order chi connectivity index (χ0) is 19.4. The Morgan fingerprint density at radius 3 is 2.28 bits per heavy atom. The minimum absolute atomic E-state index is 0.710. The summed E-state index contributed by atoms with van der Waals surface area (Å²) in [6.07, 6.45) is 0. The standard InChI is InChI=1S/C25H16ClN3/c26-20-12-7-15-23-24(20)28(25-27-21-13-4-5-14-22(21)29(23)25)19-11-6-10-18(16-19)17-8-2-1-3-9-17/h1-16H. The van der Waals surface area contributed by atoms with Crippen LogP contribution in [0.25, 0.3) is 44.7 Å². The van der Waals surface area contributed by atoms with Crippen LogP contribution in [-0.2, 0) is 0 Å². The largest absolute Gasteiger partial charge is 0.277 e. The van der Waals surface area contributed by atoms with Gasteiger partial charge in [-0.1, -0.05) is 72.3 Å². The van der Waals surface area contributed by atoms with Crippen molar-refractivity contribution in [3.05, 3.63) is 102 Å². The quantitative estimate of drug-likeness (QED) is 0.319. The molecule has 0 bridgehead atoms. The fourth-order valence-electron chi connectivity index (χ4n) is 4.11. The van der Waals surface area contributed by atoms with Gasteiger partial charge in [0.1, 0.15) is 0 Å². The molecule has 0 saturated carbocycles. The van der Waals surface area contributed by atoms with Gasteiger partial charge in [0.05, 0.1) is 27.1 Å². The Labute approximate surface area is 172 Å². The van der Waals surface area contributed by atoms with Crippen molar-refractivity contribution in [3.8, 4) is 16.8 Å². The predicted molar refractivity (Wildman–Crippen MR) is 120 cm³/mol. The number of benzene rings is 4. The average Bonchev–Trinajstić information content (AvgIpc) is 3.30. The number of fused-ring (bicyclic) bond motifs is 5. The molecule has 2 aromatic heterocycles. The van der Waals surface area contributed by atoms with Gasteiger partial charge in [-0.2, -0.15) is 0 Å². The highest BCUT2D eigenvalue weighted by Gasteiger charge is 2.19. The molecule has 0 N–H and O–H groups in total. The van der Waals surface area contributed by atoms with E-state index >= 15 is 0 Å². The minimum atomic E-state index is 0.710. The molecule has 4 heteroatoms. The van der Waals surface area contributed by atoms with Crippen molar-refractivity contribution < 1.29 is 0 Å².